The molecule has 8 heteroatoms. The van der Waals surface area contributed by atoms with E-state index in [1.54, 1.807) is 31.4 Å². The Bertz CT molecular complexity index is 885. The Hall–Kier alpha value is -3.39. The van der Waals surface area contributed by atoms with Crippen LogP contribution >= 0.6 is 0 Å². The second kappa shape index (κ2) is 9.89. The molecule has 3 rings (SSSR count). The summed E-state index contributed by atoms with van der Waals surface area (Å²) in [5.74, 6) is -0.177. The first-order valence-electron chi connectivity index (χ1n) is 9.69. The molecule has 8 nitrogen and oxygen atoms in total. The highest BCUT2D eigenvalue weighted by Gasteiger charge is 2.39. The number of nitrogens with one attached hydrogen (secondary N) is 2. The first kappa shape index (κ1) is 21.3. The van der Waals surface area contributed by atoms with E-state index in [2.05, 4.69) is 10.6 Å². The van der Waals surface area contributed by atoms with Crippen molar-refractivity contribution >= 4 is 17.8 Å². The van der Waals surface area contributed by atoms with Gasteiger partial charge in [-0.2, -0.15) is 0 Å². The van der Waals surface area contributed by atoms with Gasteiger partial charge in [0.25, 0.3) is 5.91 Å². The van der Waals surface area contributed by atoms with E-state index >= 15 is 0 Å². The molecule has 2 atom stereocenters. The Kier molecular flexibility index (Phi) is 7.03. The van der Waals surface area contributed by atoms with Gasteiger partial charge in [-0.05, 0) is 29.7 Å². The Morgan fingerprint density at radius 3 is 2.47 bits per heavy atom. The molecule has 0 aromatic heterocycles. The number of hydrogen-bond donors (Lipinski definition) is 3. The highest BCUT2D eigenvalue weighted by atomic mass is 16.5. The number of amides is 4. The summed E-state index contributed by atoms with van der Waals surface area (Å²) in [5.41, 5.74) is 1.75. The molecule has 2 aromatic rings. The third-order valence-electron chi connectivity index (χ3n) is 4.91. The van der Waals surface area contributed by atoms with Gasteiger partial charge in [-0.15, -0.1) is 0 Å². The number of hydrogen-bond acceptors (Lipinski definition) is 5. The van der Waals surface area contributed by atoms with Gasteiger partial charge >= 0.3 is 6.03 Å². The minimum atomic E-state index is -0.924. The van der Waals surface area contributed by atoms with Gasteiger partial charge in [0.2, 0.25) is 5.91 Å². The van der Waals surface area contributed by atoms with Crippen molar-refractivity contribution < 1.29 is 24.2 Å². The predicted molar refractivity (Wildman–Crippen MR) is 110 cm³/mol. The van der Waals surface area contributed by atoms with Gasteiger partial charge in [-0.3, -0.25) is 14.5 Å². The number of carbonyl (C=O) groups excluding carboxylic acids is 3. The fourth-order valence-corrected chi connectivity index (χ4v) is 3.31. The SMILES string of the molecule is COc1ccc(CN2C(=O)NC(CC(=O)NC(CO)Cc3ccccc3)C2=O)cc1. The van der Waals surface area contributed by atoms with Crippen molar-refractivity contribution in [3.8, 4) is 5.75 Å². The van der Waals surface area contributed by atoms with Crippen LogP contribution in [0, 0.1) is 0 Å². The summed E-state index contributed by atoms with van der Waals surface area (Å²) in [7, 11) is 1.56. The molecule has 0 saturated carbocycles. The van der Waals surface area contributed by atoms with Crippen molar-refractivity contribution in [3.63, 3.8) is 0 Å². The molecule has 1 aliphatic rings. The molecular weight excluding hydrogens is 386 g/mol. The van der Waals surface area contributed by atoms with E-state index in [-0.39, 0.29) is 19.6 Å². The van der Waals surface area contributed by atoms with E-state index in [0.717, 1.165) is 16.0 Å². The largest absolute Gasteiger partial charge is 0.497 e. The Morgan fingerprint density at radius 2 is 1.83 bits per heavy atom. The van der Waals surface area contributed by atoms with Crippen molar-refractivity contribution in [2.45, 2.75) is 31.5 Å². The molecule has 1 aliphatic heterocycles. The first-order chi connectivity index (χ1) is 14.5. The van der Waals surface area contributed by atoms with E-state index < -0.39 is 29.9 Å². The molecule has 30 heavy (non-hydrogen) atoms. The normalized spacial score (nSPS) is 16.9. The zero-order valence-corrected chi connectivity index (χ0v) is 16.7. The van der Waals surface area contributed by atoms with Gasteiger partial charge in [-0.1, -0.05) is 42.5 Å². The Morgan fingerprint density at radius 1 is 1.13 bits per heavy atom. The molecule has 2 unspecified atom stereocenters. The lowest BCUT2D eigenvalue weighted by atomic mass is 10.1. The minimum absolute atomic E-state index is 0.111. The van der Waals surface area contributed by atoms with Crippen molar-refractivity contribution in [1.82, 2.24) is 15.5 Å². The molecule has 4 amide bonds. The van der Waals surface area contributed by atoms with Gasteiger partial charge in [0.1, 0.15) is 11.8 Å². The highest BCUT2D eigenvalue weighted by Crippen LogP contribution is 2.17. The quantitative estimate of drug-likeness (QED) is 0.538. The average molecular weight is 411 g/mol. The fourth-order valence-electron chi connectivity index (χ4n) is 3.31. The van der Waals surface area contributed by atoms with Crippen LogP contribution in [0.15, 0.2) is 54.6 Å². The number of benzene rings is 2. The standard InChI is InChI=1S/C22H25N3O5/c1-30-18-9-7-16(8-10-18)13-25-21(28)19(24-22(25)29)12-20(27)23-17(14-26)11-15-5-3-2-4-6-15/h2-10,17,19,26H,11-14H2,1H3,(H,23,27)(H,24,29). The van der Waals surface area contributed by atoms with Crippen LogP contribution in [0.5, 0.6) is 5.75 Å². The van der Waals surface area contributed by atoms with Crippen LogP contribution in [0.25, 0.3) is 0 Å². The smallest absolute Gasteiger partial charge is 0.325 e. The lowest BCUT2D eigenvalue weighted by Crippen LogP contribution is -2.43. The van der Waals surface area contributed by atoms with Gasteiger partial charge in [-0.25, -0.2) is 4.79 Å². The summed E-state index contributed by atoms with van der Waals surface area (Å²) in [4.78, 5) is 38.3. The number of methoxy groups -OCH3 is 1. The van der Waals surface area contributed by atoms with E-state index in [0.29, 0.717) is 12.2 Å². The maximum Gasteiger partial charge on any atom is 0.325 e. The predicted octanol–water partition coefficient (Wildman–Crippen LogP) is 1.23. The molecule has 0 radical (unpaired) electrons. The molecule has 1 heterocycles. The van der Waals surface area contributed by atoms with E-state index in [4.69, 9.17) is 4.74 Å². The van der Waals surface area contributed by atoms with Gasteiger partial charge < -0.3 is 20.5 Å². The van der Waals surface area contributed by atoms with Crippen LogP contribution in [0.2, 0.25) is 0 Å². The summed E-state index contributed by atoms with van der Waals surface area (Å²) in [6.45, 7) is -0.116. The summed E-state index contributed by atoms with van der Waals surface area (Å²) in [5, 5.41) is 14.9. The summed E-state index contributed by atoms with van der Waals surface area (Å²) in [6.07, 6.45) is 0.284. The van der Waals surface area contributed by atoms with Gasteiger partial charge in [0.05, 0.1) is 32.7 Å². The average Bonchev–Trinajstić information content (AvgIpc) is 3.01. The van der Waals surface area contributed by atoms with Crippen LogP contribution in [0.4, 0.5) is 4.79 Å². The Balaban J connectivity index is 1.55. The zero-order chi connectivity index (χ0) is 21.5. The fraction of sp³-hybridized carbons (Fsp3) is 0.318. The second-order valence-corrected chi connectivity index (χ2v) is 7.12. The number of urea groups is 1. The zero-order valence-electron chi connectivity index (χ0n) is 16.7. The van der Waals surface area contributed by atoms with Crippen LogP contribution in [0.3, 0.4) is 0 Å². The van der Waals surface area contributed by atoms with Crippen molar-refractivity contribution in [3.05, 3.63) is 65.7 Å². The number of rotatable bonds is 9. The summed E-state index contributed by atoms with van der Waals surface area (Å²) in [6, 6.07) is 14.6. The first-order valence-corrected chi connectivity index (χ1v) is 9.69. The lowest BCUT2D eigenvalue weighted by molar-refractivity contribution is -0.131. The van der Waals surface area contributed by atoms with Crippen molar-refractivity contribution in [2.75, 3.05) is 13.7 Å². The van der Waals surface area contributed by atoms with E-state index in [1.165, 1.54) is 0 Å². The van der Waals surface area contributed by atoms with Crippen molar-refractivity contribution in [1.29, 1.82) is 0 Å². The molecule has 158 valence electrons. The number of aliphatic hydroxyl groups excluding tert-OH is 1. The molecule has 1 saturated heterocycles. The molecule has 0 spiro atoms. The van der Waals surface area contributed by atoms with Gasteiger partial charge in [0.15, 0.2) is 0 Å². The molecular formula is C22H25N3O5. The minimum Gasteiger partial charge on any atom is -0.497 e. The van der Waals surface area contributed by atoms with Crippen LogP contribution in [-0.4, -0.2) is 53.7 Å². The number of carbonyl (C=O) groups is 3. The third-order valence-corrected chi connectivity index (χ3v) is 4.91. The number of aliphatic hydroxyl groups is 1. The molecule has 2 aromatic carbocycles. The van der Waals surface area contributed by atoms with E-state index in [1.807, 2.05) is 30.3 Å². The number of ether oxygens (including phenoxy) is 1. The maximum absolute atomic E-state index is 12.6. The molecule has 0 aliphatic carbocycles. The molecule has 0 bridgehead atoms. The van der Waals surface area contributed by atoms with Crippen molar-refractivity contribution in [2.24, 2.45) is 0 Å². The highest BCUT2D eigenvalue weighted by molar-refractivity contribution is 6.05. The molecule has 3 N–H and O–H groups in total. The topological polar surface area (TPSA) is 108 Å². The monoisotopic (exact) mass is 411 g/mol. The number of nitrogens with zero attached hydrogens (tertiary/aromatic N) is 1. The summed E-state index contributed by atoms with van der Waals surface area (Å²) >= 11 is 0. The second-order valence-electron chi connectivity index (χ2n) is 7.12. The number of imide groups is 1. The van der Waals surface area contributed by atoms with E-state index in [9.17, 15) is 19.5 Å². The molecule has 1 fully saturated rings. The lowest BCUT2D eigenvalue weighted by Gasteiger charge is -2.17. The summed E-state index contributed by atoms with van der Waals surface area (Å²) < 4.78 is 5.10. The van der Waals surface area contributed by atoms with Crippen LogP contribution < -0.4 is 15.4 Å². The maximum atomic E-state index is 12.6. The van der Waals surface area contributed by atoms with Crippen LogP contribution in [0.1, 0.15) is 17.5 Å². The third kappa shape index (κ3) is 5.36. The Labute approximate surface area is 174 Å². The van der Waals surface area contributed by atoms with Gasteiger partial charge in [0, 0.05) is 0 Å². The van der Waals surface area contributed by atoms with Crippen LogP contribution in [-0.2, 0) is 22.6 Å².